The van der Waals surface area contributed by atoms with Crippen molar-refractivity contribution in [3.8, 4) is 0 Å². The van der Waals surface area contributed by atoms with Crippen molar-refractivity contribution in [2.24, 2.45) is 5.73 Å². The molecule has 0 aromatic heterocycles. The van der Waals surface area contributed by atoms with Crippen molar-refractivity contribution < 1.29 is 17.6 Å². The molecule has 0 saturated heterocycles. The number of anilines is 1. The van der Waals surface area contributed by atoms with E-state index in [-0.39, 0.29) is 17.8 Å². The summed E-state index contributed by atoms with van der Waals surface area (Å²) in [6, 6.07) is 20.6. The van der Waals surface area contributed by atoms with Crippen LogP contribution in [0.5, 0.6) is 0 Å². The molecule has 0 bridgehead atoms. The maximum absolute atomic E-state index is 13.3. The Hall–Kier alpha value is -3.27. The highest BCUT2D eigenvalue weighted by atomic mass is 32.2. The first-order valence-corrected chi connectivity index (χ1v) is 14.4. The second-order valence-corrected chi connectivity index (χ2v) is 11.9. The molecule has 0 spiro atoms. The monoisotopic (exact) mass is 540 g/mol. The van der Waals surface area contributed by atoms with Crippen molar-refractivity contribution >= 4 is 21.6 Å². The van der Waals surface area contributed by atoms with Gasteiger partial charge in [0.05, 0.1) is 18.0 Å². The van der Waals surface area contributed by atoms with E-state index in [9.17, 15) is 17.6 Å². The van der Waals surface area contributed by atoms with Gasteiger partial charge in [0, 0.05) is 31.2 Å². The molecule has 1 unspecified atom stereocenters. The Morgan fingerprint density at radius 2 is 1.71 bits per heavy atom. The number of halogens is 1. The largest absolute Gasteiger partial charge is 0.346 e. The van der Waals surface area contributed by atoms with Crippen molar-refractivity contribution in [1.82, 2.24) is 10.6 Å². The number of nitrogens with one attached hydrogen (secondary N) is 2. The van der Waals surface area contributed by atoms with E-state index in [1.165, 1.54) is 19.2 Å². The minimum atomic E-state index is -3.54. The third-order valence-corrected chi connectivity index (χ3v) is 7.93. The van der Waals surface area contributed by atoms with E-state index in [1.54, 1.807) is 37.3 Å². The fraction of sp³-hybridized carbons (Fsp3) is 0.345. The lowest BCUT2D eigenvalue weighted by atomic mass is 9.89. The van der Waals surface area contributed by atoms with Crippen LogP contribution in [0.4, 0.5) is 10.1 Å². The third kappa shape index (κ3) is 8.11. The standard InChI is InChI=1S/C29H37FN4O3S/c1-5-29(31,18-22-9-7-6-8-10-22)20-32-19-23-15-25(17-27(16-23)34(3)38(4,36)37)28(35)33-21(2)24-11-13-26(30)14-12-24/h6-17,21,32H,5,18-20,31H2,1-4H3,(H,33,35)/t21-,29?/m1/s1. The molecule has 3 rings (SSSR count). The number of hydrogen-bond acceptors (Lipinski definition) is 5. The van der Waals surface area contributed by atoms with Crippen LogP contribution in [0.3, 0.4) is 0 Å². The summed E-state index contributed by atoms with van der Waals surface area (Å²) in [7, 11) is -2.09. The van der Waals surface area contributed by atoms with Gasteiger partial charge >= 0.3 is 0 Å². The molecule has 0 aliphatic rings. The molecule has 9 heteroatoms. The van der Waals surface area contributed by atoms with Crippen LogP contribution in [-0.4, -0.2) is 39.7 Å². The van der Waals surface area contributed by atoms with Crippen LogP contribution in [0.2, 0.25) is 0 Å². The Balaban J connectivity index is 1.79. The van der Waals surface area contributed by atoms with E-state index < -0.39 is 15.6 Å². The van der Waals surface area contributed by atoms with Gasteiger partial charge in [0.25, 0.3) is 5.91 Å². The van der Waals surface area contributed by atoms with E-state index in [1.807, 2.05) is 18.2 Å². The van der Waals surface area contributed by atoms with Crippen LogP contribution in [0, 0.1) is 5.82 Å². The van der Waals surface area contributed by atoms with Crippen LogP contribution in [0.25, 0.3) is 0 Å². The molecule has 0 aliphatic heterocycles. The molecule has 0 saturated carbocycles. The van der Waals surface area contributed by atoms with Crippen molar-refractivity contribution in [1.29, 1.82) is 0 Å². The minimum Gasteiger partial charge on any atom is -0.346 e. The normalized spacial score (nSPS) is 13.9. The molecule has 0 heterocycles. The van der Waals surface area contributed by atoms with Gasteiger partial charge in [-0.1, -0.05) is 49.4 Å². The first-order chi connectivity index (χ1) is 17.9. The Kier molecular flexibility index (Phi) is 9.65. The Bertz CT molecular complexity index is 1330. The van der Waals surface area contributed by atoms with Gasteiger partial charge in [-0.2, -0.15) is 0 Å². The maximum atomic E-state index is 13.3. The van der Waals surface area contributed by atoms with Gasteiger partial charge in [0.1, 0.15) is 5.82 Å². The van der Waals surface area contributed by atoms with Gasteiger partial charge in [0.2, 0.25) is 10.0 Å². The lowest BCUT2D eigenvalue weighted by Crippen LogP contribution is -2.50. The highest BCUT2D eigenvalue weighted by Crippen LogP contribution is 2.22. The molecule has 7 nitrogen and oxygen atoms in total. The highest BCUT2D eigenvalue weighted by molar-refractivity contribution is 7.92. The fourth-order valence-corrected chi connectivity index (χ4v) is 4.65. The Labute approximate surface area is 225 Å². The maximum Gasteiger partial charge on any atom is 0.251 e. The van der Waals surface area contributed by atoms with Gasteiger partial charge in [-0.3, -0.25) is 9.10 Å². The number of nitrogens with two attached hydrogens (primary N) is 1. The number of amides is 1. The van der Waals surface area contributed by atoms with Crippen LogP contribution >= 0.6 is 0 Å². The van der Waals surface area contributed by atoms with Crippen molar-refractivity contribution in [3.63, 3.8) is 0 Å². The lowest BCUT2D eigenvalue weighted by molar-refractivity contribution is 0.0939. The second kappa shape index (κ2) is 12.5. The molecule has 1 amide bonds. The second-order valence-electron chi connectivity index (χ2n) is 9.85. The SMILES string of the molecule is CCC(N)(CNCc1cc(C(=O)N[C@H](C)c2ccc(F)cc2)cc(N(C)S(C)(=O)=O)c1)Cc1ccccc1. The predicted molar refractivity (Wildman–Crippen MR) is 151 cm³/mol. The lowest BCUT2D eigenvalue weighted by Gasteiger charge is -2.29. The number of carbonyl (C=O) groups excluding carboxylic acids is 1. The molecule has 0 fully saturated rings. The number of sulfonamides is 1. The molecular weight excluding hydrogens is 503 g/mol. The predicted octanol–water partition coefficient (Wildman–Crippen LogP) is 4.15. The number of carbonyl (C=O) groups is 1. The van der Waals surface area contributed by atoms with Gasteiger partial charge in [-0.25, -0.2) is 12.8 Å². The van der Waals surface area contributed by atoms with E-state index in [0.29, 0.717) is 30.8 Å². The van der Waals surface area contributed by atoms with Crippen LogP contribution in [0.1, 0.15) is 53.4 Å². The third-order valence-electron chi connectivity index (χ3n) is 6.73. The van der Waals surface area contributed by atoms with E-state index in [2.05, 4.69) is 29.7 Å². The Morgan fingerprint density at radius 1 is 1.05 bits per heavy atom. The van der Waals surface area contributed by atoms with E-state index in [4.69, 9.17) is 5.73 Å². The smallest absolute Gasteiger partial charge is 0.251 e. The minimum absolute atomic E-state index is 0.322. The van der Waals surface area contributed by atoms with Crippen LogP contribution in [-0.2, 0) is 23.0 Å². The molecule has 2 atom stereocenters. The summed E-state index contributed by atoms with van der Waals surface area (Å²) < 4.78 is 38.9. The number of benzene rings is 3. The molecule has 0 radical (unpaired) electrons. The summed E-state index contributed by atoms with van der Waals surface area (Å²) in [6.07, 6.45) is 2.59. The molecule has 3 aromatic rings. The molecule has 3 aromatic carbocycles. The molecule has 38 heavy (non-hydrogen) atoms. The zero-order valence-electron chi connectivity index (χ0n) is 22.4. The summed E-state index contributed by atoms with van der Waals surface area (Å²) in [5.74, 6) is -0.716. The average molecular weight is 541 g/mol. The zero-order valence-corrected chi connectivity index (χ0v) is 23.2. The summed E-state index contributed by atoms with van der Waals surface area (Å²) in [6.45, 7) is 4.79. The molecular formula is C29H37FN4O3S. The van der Waals surface area contributed by atoms with Gasteiger partial charge in [-0.15, -0.1) is 0 Å². The summed E-state index contributed by atoms with van der Waals surface area (Å²) in [4.78, 5) is 13.2. The van der Waals surface area contributed by atoms with E-state index in [0.717, 1.165) is 33.7 Å². The fourth-order valence-electron chi connectivity index (χ4n) is 4.17. The van der Waals surface area contributed by atoms with E-state index >= 15 is 0 Å². The topological polar surface area (TPSA) is 105 Å². The van der Waals surface area contributed by atoms with Crippen LogP contribution < -0.4 is 20.7 Å². The summed E-state index contributed by atoms with van der Waals surface area (Å²) in [5.41, 5.74) is 9.58. The summed E-state index contributed by atoms with van der Waals surface area (Å²) in [5, 5.41) is 6.31. The first kappa shape index (κ1) is 29.3. The first-order valence-electron chi connectivity index (χ1n) is 12.6. The van der Waals surface area contributed by atoms with Gasteiger partial charge in [-0.05, 0) is 66.8 Å². The number of nitrogens with zero attached hydrogens (tertiary/aromatic N) is 1. The molecule has 0 aliphatic carbocycles. The van der Waals surface area contributed by atoms with Crippen LogP contribution in [0.15, 0.2) is 72.8 Å². The van der Waals surface area contributed by atoms with Crippen molar-refractivity contribution in [2.75, 3.05) is 24.2 Å². The van der Waals surface area contributed by atoms with Crippen molar-refractivity contribution in [2.45, 2.75) is 44.8 Å². The Morgan fingerprint density at radius 3 is 2.32 bits per heavy atom. The average Bonchev–Trinajstić information content (AvgIpc) is 2.88. The zero-order chi connectivity index (χ0) is 27.9. The van der Waals surface area contributed by atoms with Gasteiger partial charge < -0.3 is 16.4 Å². The highest BCUT2D eigenvalue weighted by Gasteiger charge is 2.23. The number of rotatable bonds is 12. The quantitative estimate of drug-likeness (QED) is 0.320. The van der Waals surface area contributed by atoms with Crippen molar-refractivity contribution in [3.05, 3.63) is 101 Å². The number of hydrogen-bond donors (Lipinski definition) is 3. The molecule has 204 valence electrons. The molecule has 4 N–H and O–H groups in total. The summed E-state index contributed by atoms with van der Waals surface area (Å²) >= 11 is 0. The van der Waals surface area contributed by atoms with Gasteiger partial charge in [0.15, 0.2) is 0 Å².